The summed E-state index contributed by atoms with van der Waals surface area (Å²) in [5.41, 5.74) is 1.32. The molecule has 1 aliphatic carbocycles. The summed E-state index contributed by atoms with van der Waals surface area (Å²) in [7, 11) is 0. The molecule has 0 unspecified atom stereocenters. The van der Waals surface area contributed by atoms with Crippen molar-refractivity contribution in [3.63, 3.8) is 0 Å². The van der Waals surface area contributed by atoms with Gasteiger partial charge in [0, 0.05) is 9.80 Å². The van der Waals surface area contributed by atoms with Gasteiger partial charge in [-0.2, -0.15) is 0 Å². The number of hydrogen-bond donors (Lipinski definition) is 0. The van der Waals surface area contributed by atoms with E-state index in [4.69, 9.17) is 4.74 Å². The van der Waals surface area contributed by atoms with Gasteiger partial charge in [0.15, 0.2) is 0 Å². The summed E-state index contributed by atoms with van der Waals surface area (Å²) in [6, 6.07) is 8.38. The van der Waals surface area contributed by atoms with Crippen molar-refractivity contribution in [3.8, 4) is 0 Å². The molecule has 3 heteroatoms. The SMILES string of the molecule is BrCC1(OCc2ccc(Br)cc2)CCCCC1. The van der Waals surface area contributed by atoms with E-state index in [9.17, 15) is 0 Å². The van der Waals surface area contributed by atoms with Crippen LogP contribution in [-0.2, 0) is 11.3 Å². The highest BCUT2D eigenvalue weighted by atomic mass is 79.9. The van der Waals surface area contributed by atoms with Crippen molar-refractivity contribution in [1.82, 2.24) is 0 Å². The van der Waals surface area contributed by atoms with Crippen molar-refractivity contribution in [1.29, 1.82) is 0 Å². The van der Waals surface area contributed by atoms with Crippen molar-refractivity contribution >= 4 is 31.9 Å². The van der Waals surface area contributed by atoms with E-state index in [1.807, 2.05) is 0 Å². The Hall–Kier alpha value is 0.140. The molecule has 0 atom stereocenters. The minimum atomic E-state index is 0.0747. The van der Waals surface area contributed by atoms with Crippen molar-refractivity contribution < 1.29 is 4.74 Å². The molecule has 0 bridgehead atoms. The third-order valence-corrected chi connectivity index (χ3v) is 5.02. The molecular weight excluding hydrogens is 344 g/mol. The minimum absolute atomic E-state index is 0.0747. The van der Waals surface area contributed by atoms with E-state index in [0.717, 1.165) is 16.4 Å². The van der Waals surface area contributed by atoms with Crippen LogP contribution < -0.4 is 0 Å². The highest BCUT2D eigenvalue weighted by molar-refractivity contribution is 9.10. The van der Waals surface area contributed by atoms with Crippen LogP contribution in [0.1, 0.15) is 37.7 Å². The van der Waals surface area contributed by atoms with Gasteiger partial charge < -0.3 is 4.74 Å². The zero-order chi connectivity index (χ0) is 12.1. The number of alkyl halides is 1. The third-order valence-electron chi connectivity index (χ3n) is 3.47. The molecule has 17 heavy (non-hydrogen) atoms. The molecule has 94 valence electrons. The highest BCUT2D eigenvalue weighted by Crippen LogP contribution is 2.34. The molecule has 1 nitrogen and oxygen atoms in total. The number of rotatable bonds is 4. The molecular formula is C14H18Br2O. The average Bonchev–Trinajstić information content (AvgIpc) is 2.39. The van der Waals surface area contributed by atoms with Gasteiger partial charge in [0.05, 0.1) is 12.2 Å². The van der Waals surface area contributed by atoms with E-state index in [0.29, 0.717) is 0 Å². The van der Waals surface area contributed by atoms with Crippen molar-refractivity contribution in [2.45, 2.75) is 44.3 Å². The van der Waals surface area contributed by atoms with E-state index in [2.05, 4.69) is 56.1 Å². The Balaban J connectivity index is 1.93. The van der Waals surface area contributed by atoms with Gasteiger partial charge in [-0.3, -0.25) is 0 Å². The third kappa shape index (κ3) is 3.80. The van der Waals surface area contributed by atoms with Crippen LogP contribution in [0.15, 0.2) is 28.7 Å². The molecule has 1 aliphatic rings. The second kappa shape index (κ2) is 6.35. The van der Waals surface area contributed by atoms with Crippen LogP contribution in [0.2, 0.25) is 0 Å². The summed E-state index contributed by atoms with van der Waals surface area (Å²) in [5.74, 6) is 0. The molecule has 0 N–H and O–H groups in total. The molecule has 0 radical (unpaired) electrons. The van der Waals surface area contributed by atoms with E-state index in [1.54, 1.807) is 0 Å². The lowest BCUT2D eigenvalue weighted by atomic mass is 9.86. The zero-order valence-electron chi connectivity index (χ0n) is 9.92. The van der Waals surface area contributed by atoms with Crippen molar-refractivity contribution in [2.24, 2.45) is 0 Å². The quantitative estimate of drug-likeness (QED) is 0.680. The van der Waals surface area contributed by atoms with Crippen molar-refractivity contribution in [2.75, 3.05) is 5.33 Å². The normalized spacial score (nSPS) is 19.2. The molecule has 0 aromatic heterocycles. The van der Waals surface area contributed by atoms with E-state index in [1.165, 1.54) is 37.7 Å². The molecule has 1 saturated carbocycles. The number of halogens is 2. The van der Waals surface area contributed by atoms with Crippen LogP contribution in [0, 0.1) is 0 Å². The van der Waals surface area contributed by atoms with Crippen LogP contribution in [0.25, 0.3) is 0 Å². The van der Waals surface area contributed by atoms with Gasteiger partial charge in [-0.25, -0.2) is 0 Å². The number of hydrogen-bond acceptors (Lipinski definition) is 1. The lowest BCUT2D eigenvalue weighted by Crippen LogP contribution is -2.36. The van der Waals surface area contributed by atoms with Gasteiger partial charge in [0.1, 0.15) is 0 Å². The Bertz CT molecular complexity index is 342. The van der Waals surface area contributed by atoms with Crippen LogP contribution >= 0.6 is 31.9 Å². The maximum atomic E-state index is 6.18. The maximum Gasteiger partial charge on any atom is 0.0783 e. The molecule has 0 amide bonds. The second-order valence-corrected chi connectivity index (χ2v) is 6.27. The Morgan fingerprint density at radius 1 is 1.06 bits per heavy atom. The number of benzene rings is 1. The Labute approximate surface area is 120 Å². The number of ether oxygens (including phenoxy) is 1. The monoisotopic (exact) mass is 360 g/mol. The lowest BCUT2D eigenvalue weighted by molar-refractivity contribution is -0.0619. The van der Waals surface area contributed by atoms with Crippen LogP contribution in [-0.4, -0.2) is 10.9 Å². The second-order valence-electron chi connectivity index (χ2n) is 4.79. The van der Waals surface area contributed by atoms with Crippen LogP contribution in [0.5, 0.6) is 0 Å². The topological polar surface area (TPSA) is 9.23 Å². The highest BCUT2D eigenvalue weighted by Gasteiger charge is 2.31. The predicted molar refractivity (Wildman–Crippen MR) is 78.5 cm³/mol. The first-order chi connectivity index (χ1) is 8.24. The fourth-order valence-corrected chi connectivity index (χ4v) is 3.32. The Morgan fingerprint density at radius 3 is 2.29 bits per heavy atom. The van der Waals surface area contributed by atoms with Gasteiger partial charge >= 0.3 is 0 Å². The molecule has 0 spiro atoms. The van der Waals surface area contributed by atoms with Crippen molar-refractivity contribution in [3.05, 3.63) is 34.3 Å². The van der Waals surface area contributed by atoms with Gasteiger partial charge in [-0.1, -0.05) is 63.3 Å². The van der Waals surface area contributed by atoms with Gasteiger partial charge in [0.2, 0.25) is 0 Å². The first-order valence-corrected chi connectivity index (χ1v) is 8.10. The van der Waals surface area contributed by atoms with Crippen LogP contribution in [0.4, 0.5) is 0 Å². The molecule has 0 saturated heterocycles. The molecule has 1 fully saturated rings. The summed E-state index contributed by atoms with van der Waals surface area (Å²) in [5, 5.41) is 0.955. The van der Waals surface area contributed by atoms with Gasteiger partial charge in [0.25, 0.3) is 0 Å². The standard InChI is InChI=1S/C14H18Br2O/c15-11-14(8-2-1-3-9-14)17-10-12-4-6-13(16)7-5-12/h4-7H,1-3,8-11H2. The van der Waals surface area contributed by atoms with E-state index >= 15 is 0 Å². The molecule has 1 aromatic carbocycles. The summed E-state index contributed by atoms with van der Waals surface area (Å²) < 4.78 is 7.30. The smallest absolute Gasteiger partial charge is 0.0783 e. The zero-order valence-corrected chi connectivity index (χ0v) is 13.1. The Kier molecular flexibility index (Phi) is 5.07. The van der Waals surface area contributed by atoms with Gasteiger partial charge in [-0.05, 0) is 30.5 Å². The first-order valence-electron chi connectivity index (χ1n) is 6.18. The van der Waals surface area contributed by atoms with Crippen LogP contribution in [0.3, 0.4) is 0 Å². The first kappa shape index (κ1) is 13.6. The summed E-state index contributed by atoms with van der Waals surface area (Å²) in [6.45, 7) is 0.721. The van der Waals surface area contributed by atoms with E-state index in [-0.39, 0.29) is 5.60 Å². The molecule has 2 rings (SSSR count). The lowest BCUT2D eigenvalue weighted by Gasteiger charge is -2.35. The molecule has 1 aromatic rings. The Morgan fingerprint density at radius 2 is 1.71 bits per heavy atom. The molecule has 0 heterocycles. The fourth-order valence-electron chi connectivity index (χ4n) is 2.33. The summed E-state index contributed by atoms with van der Waals surface area (Å²) >= 11 is 7.07. The minimum Gasteiger partial charge on any atom is -0.369 e. The molecule has 0 aliphatic heterocycles. The maximum absolute atomic E-state index is 6.18. The fraction of sp³-hybridized carbons (Fsp3) is 0.571. The summed E-state index contributed by atoms with van der Waals surface area (Å²) in [4.78, 5) is 0. The largest absolute Gasteiger partial charge is 0.369 e. The van der Waals surface area contributed by atoms with E-state index < -0.39 is 0 Å². The summed E-state index contributed by atoms with van der Waals surface area (Å²) in [6.07, 6.45) is 6.33. The van der Waals surface area contributed by atoms with Gasteiger partial charge in [-0.15, -0.1) is 0 Å². The predicted octanol–water partition coefficient (Wildman–Crippen LogP) is 5.06. The average molecular weight is 362 g/mol.